The fraction of sp³-hybridized carbons (Fsp3) is 0. The van der Waals surface area contributed by atoms with Crippen LogP contribution in [0.2, 0.25) is 0 Å². The Morgan fingerprint density at radius 1 is 1.57 bits per heavy atom. The number of halogens is 2. The molecule has 0 aliphatic heterocycles. The number of nitrogens with zero attached hydrogens (tertiary/aromatic N) is 1. The topological polar surface area (TPSA) is 26.0 Å². The third kappa shape index (κ3) is 1.04. The molecule has 0 bridgehead atoms. The minimum Gasteiger partial charge on any atom is -0.435 e. The van der Waals surface area contributed by atoms with Gasteiger partial charge in [0.25, 0.3) is 0 Å². The first-order valence-corrected chi connectivity index (χ1v) is 3.14. The van der Waals surface area contributed by atoms with Crippen molar-refractivity contribution in [3.63, 3.8) is 0 Å². The van der Waals surface area contributed by atoms with Crippen LogP contribution in [-0.2, 0) is 0 Å². The number of aromatic nitrogens is 1. The van der Waals surface area contributed by atoms with Gasteiger partial charge in [-0.15, -0.1) is 0 Å². The zero-order chi connectivity index (χ0) is 5.28. The zero-order valence-corrected chi connectivity index (χ0v) is 6.36. The van der Waals surface area contributed by atoms with Crippen LogP contribution in [0.15, 0.2) is 20.1 Å². The molecule has 0 aromatic carbocycles. The van der Waals surface area contributed by atoms with Crippen LogP contribution < -0.4 is 0 Å². The van der Waals surface area contributed by atoms with Crippen LogP contribution >= 0.6 is 31.9 Å². The lowest BCUT2D eigenvalue weighted by Crippen LogP contribution is -1.55. The molecule has 0 unspecified atom stereocenters. The normalized spacial score (nSPS) is 9.43. The van der Waals surface area contributed by atoms with E-state index in [1.807, 2.05) is 0 Å². The van der Waals surface area contributed by atoms with Crippen molar-refractivity contribution in [3.05, 3.63) is 15.7 Å². The highest BCUT2D eigenvalue weighted by Gasteiger charge is 1.95. The zero-order valence-electron chi connectivity index (χ0n) is 3.19. The van der Waals surface area contributed by atoms with Crippen LogP contribution in [0.4, 0.5) is 0 Å². The summed E-state index contributed by atoms with van der Waals surface area (Å²) in [4.78, 5) is 3.72. The molecule has 38 valence electrons. The lowest BCUT2D eigenvalue weighted by atomic mass is 11.0. The molecule has 0 fully saturated rings. The molecule has 0 amide bonds. The van der Waals surface area contributed by atoms with E-state index in [0.29, 0.717) is 9.27 Å². The van der Waals surface area contributed by atoms with E-state index in [4.69, 9.17) is 4.42 Å². The lowest BCUT2D eigenvalue weighted by Gasteiger charge is -1.71. The van der Waals surface area contributed by atoms with E-state index in [1.165, 1.54) is 6.39 Å². The molecule has 1 aromatic rings. The Morgan fingerprint density at radius 3 is 2.43 bits per heavy atom. The maximum atomic E-state index is 4.72. The largest absolute Gasteiger partial charge is 0.435 e. The Bertz CT molecular complexity index is 145. The van der Waals surface area contributed by atoms with Gasteiger partial charge in [-0.25, -0.2) is 4.98 Å². The van der Waals surface area contributed by atoms with Gasteiger partial charge in [0, 0.05) is 0 Å². The summed E-state index contributed by atoms with van der Waals surface area (Å²) in [5.74, 6) is 0. The van der Waals surface area contributed by atoms with Gasteiger partial charge in [-0.2, -0.15) is 0 Å². The van der Waals surface area contributed by atoms with Crippen molar-refractivity contribution in [2.24, 2.45) is 0 Å². The van der Waals surface area contributed by atoms with Crippen molar-refractivity contribution in [1.29, 1.82) is 0 Å². The van der Waals surface area contributed by atoms with Gasteiger partial charge in [0.2, 0.25) is 4.67 Å². The van der Waals surface area contributed by atoms with Gasteiger partial charge < -0.3 is 4.42 Å². The van der Waals surface area contributed by atoms with E-state index >= 15 is 0 Å². The van der Waals surface area contributed by atoms with Crippen molar-refractivity contribution >= 4 is 31.9 Å². The first-order chi connectivity index (χ1) is 3.30. The van der Waals surface area contributed by atoms with Crippen LogP contribution in [0.1, 0.15) is 0 Å². The smallest absolute Gasteiger partial charge is 0.203 e. The van der Waals surface area contributed by atoms with Crippen molar-refractivity contribution < 1.29 is 4.42 Å². The summed E-state index contributed by atoms with van der Waals surface area (Å²) in [7, 11) is 0. The molecule has 0 aliphatic rings. The van der Waals surface area contributed by atoms with Crippen molar-refractivity contribution in [3.8, 4) is 0 Å². The third-order valence-corrected chi connectivity index (χ3v) is 2.14. The molecule has 1 heterocycles. The highest BCUT2D eigenvalue weighted by Crippen LogP contribution is 2.19. The van der Waals surface area contributed by atoms with Crippen LogP contribution in [0.25, 0.3) is 0 Å². The van der Waals surface area contributed by atoms with E-state index in [-0.39, 0.29) is 0 Å². The number of oxazole rings is 1. The van der Waals surface area contributed by atoms with Crippen LogP contribution in [-0.4, -0.2) is 4.98 Å². The summed E-state index contributed by atoms with van der Waals surface area (Å²) in [6.07, 6.45) is 1.36. The minimum absolute atomic E-state index is 0.632. The van der Waals surface area contributed by atoms with Crippen molar-refractivity contribution in [2.75, 3.05) is 0 Å². The number of hydrogen-bond donors (Lipinski definition) is 0. The first kappa shape index (κ1) is 5.31. The highest BCUT2D eigenvalue weighted by molar-refractivity contribution is 9.13. The molecular weight excluding hydrogens is 226 g/mol. The molecule has 7 heavy (non-hydrogen) atoms. The van der Waals surface area contributed by atoms with Gasteiger partial charge in [0.15, 0.2) is 11.0 Å². The molecule has 0 aliphatic carbocycles. The second kappa shape index (κ2) is 1.96. The van der Waals surface area contributed by atoms with E-state index in [1.54, 1.807) is 0 Å². The van der Waals surface area contributed by atoms with E-state index < -0.39 is 0 Å². The Kier molecular flexibility index (Phi) is 1.49. The molecule has 0 radical (unpaired) electrons. The fourth-order valence-corrected chi connectivity index (χ4v) is 0.581. The van der Waals surface area contributed by atoms with Gasteiger partial charge in [-0.3, -0.25) is 0 Å². The SMILES string of the molecule is Brc1ncoc1Br. The maximum Gasteiger partial charge on any atom is 0.203 e. The van der Waals surface area contributed by atoms with Gasteiger partial charge in [-0.1, -0.05) is 0 Å². The van der Waals surface area contributed by atoms with Crippen molar-refractivity contribution in [1.82, 2.24) is 4.98 Å². The molecule has 0 saturated heterocycles. The number of rotatable bonds is 0. The second-order valence-electron chi connectivity index (χ2n) is 0.917. The predicted octanol–water partition coefficient (Wildman–Crippen LogP) is 2.20. The average molecular weight is 227 g/mol. The lowest BCUT2D eigenvalue weighted by molar-refractivity contribution is 0.532. The molecule has 1 aromatic heterocycles. The summed E-state index contributed by atoms with van der Waals surface area (Å²) in [6.45, 7) is 0. The Balaban J connectivity index is 3.12. The van der Waals surface area contributed by atoms with Crippen LogP contribution in [0.3, 0.4) is 0 Å². The van der Waals surface area contributed by atoms with E-state index in [2.05, 4.69) is 36.8 Å². The molecule has 4 heteroatoms. The maximum absolute atomic E-state index is 4.72. The summed E-state index contributed by atoms with van der Waals surface area (Å²) < 4.78 is 6.06. The fourth-order valence-electron chi connectivity index (χ4n) is 0.218. The Labute approximate surface area is 57.2 Å². The summed E-state index contributed by atoms with van der Waals surface area (Å²) in [5.41, 5.74) is 0. The van der Waals surface area contributed by atoms with Crippen LogP contribution in [0, 0.1) is 0 Å². The number of hydrogen-bond acceptors (Lipinski definition) is 2. The van der Waals surface area contributed by atoms with Gasteiger partial charge >= 0.3 is 0 Å². The summed E-state index contributed by atoms with van der Waals surface area (Å²) in [5, 5.41) is 0. The minimum atomic E-state index is 0.632. The summed E-state index contributed by atoms with van der Waals surface area (Å²) in [6, 6.07) is 0. The standard InChI is InChI=1S/C3HBr2NO/c4-2-3(5)7-1-6-2/h1H. The molecule has 0 spiro atoms. The highest BCUT2D eigenvalue weighted by atomic mass is 79.9. The Hall–Kier alpha value is 0.170. The molecule has 0 N–H and O–H groups in total. The second-order valence-corrected chi connectivity index (χ2v) is 2.39. The quantitative estimate of drug-likeness (QED) is 0.678. The molecule has 0 atom stereocenters. The van der Waals surface area contributed by atoms with Gasteiger partial charge in [0.1, 0.15) is 0 Å². The predicted molar refractivity (Wildman–Crippen MR) is 31.9 cm³/mol. The monoisotopic (exact) mass is 225 g/mol. The van der Waals surface area contributed by atoms with Gasteiger partial charge in [0.05, 0.1) is 0 Å². The van der Waals surface area contributed by atoms with Gasteiger partial charge in [-0.05, 0) is 31.9 Å². The van der Waals surface area contributed by atoms with Crippen molar-refractivity contribution in [2.45, 2.75) is 0 Å². The first-order valence-electron chi connectivity index (χ1n) is 1.55. The summed E-state index contributed by atoms with van der Waals surface area (Å²) >= 11 is 6.20. The van der Waals surface area contributed by atoms with E-state index in [0.717, 1.165) is 0 Å². The molecule has 2 nitrogen and oxygen atoms in total. The van der Waals surface area contributed by atoms with Crippen LogP contribution in [0.5, 0.6) is 0 Å². The molecule has 1 rings (SSSR count). The third-order valence-electron chi connectivity index (χ3n) is 0.484. The van der Waals surface area contributed by atoms with E-state index in [9.17, 15) is 0 Å². The Morgan fingerprint density at radius 2 is 2.29 bits per heavy atom. The molecular formula is C3HBr2NO. The average Bonchev–Trinajstić information content (AvgIpc) is 1.91. The molecule has 0 saturated carbocycles.